The van der Waals surface area contributed by atoms with Crippen molar-refractivity contribution in [3.63, 3.8) is 0 Å². The fourth-order valence-electron chi connectivity index (χ4n) is 1.10. The molecule has 0 N–H and O–H groups in total. The number of aromatic nitrogens is 4. The van der Waals surface area contributed by atoms with Crippen molar-refractivity contribution in [2.45, 2.75) is 27.7 Å². The molecule has 84 valence electrons. The SMILES string of the molecule is CC.Cc1ccc(-c2nnc(C)nn2)cc1. The molecule has 16 heavy (non-hydrogen) atoms. The number of aryl methyl sites for hydroxylation is 2. The Morgan fingerprint density at radius 2 is 1.25 bits per heavy atom. The number of benzene rings is 1. The van der Waals surface area contributed by atoms with Crippen molar-refractivity contribution in [3.8, 4) is 11.4 Å². The van der Waals surface area contributed by atoms with Crippen LogP contribution in [-0.4, -0.2) is 20.4 Å². The highest BCUT2D eigenvalue weighted by Gasteiger charge is 2.01. The monoisotopic (exact) mass is 216 g/mol. The summed E-state index contributed by atoms with van der Waals surface area (Å²) in [7, 11) is 0. The lowest BCUT2D eigenvalue weighted by Gasteiger charge is -1.98. The van der Waals surface area contributed by atoms with Crippen LogP contribution in [0.1, 0.15) is 25.2 Å². The van der Waals surface area contributed by atoms with Crippen LogP contribution in [0.25, 0.3) is 11.4 Å². The van der Waals surface area contributed by atoms with Crippen molar-refractivity contribution < 1.29 is 0 Å². The van der Waals surface area contributed by atoms with Gasteiger partial charge in [-0.05, 0) is 13.8 Å². The third-order valence-electron chi connectivity index (χ3n) is 1.89. The van der Waals surface area contributed by atoms with E-state index in [1.807, 2.05) is 45.0 Å². The van der Waals surface area contributed by atoms with Gasteiger partial charge < -0.3 is 0 Å². The van der Waals surface area contributed by atoms with Gasteiger partial charge in [-0.25, -0.2) is 0 Å². The van der Waals surface area contributed by atoms with Gasteiger partial charge in [-0.3, -0.25) is 0 Å². The molecule has 4 nitrogen and oxygen atoms in total. The summed E-state index contributed by atoms with van der Waals surface area (Å²) < 4.78 is 0. The fraction of sp³-hybridized carbons (Fsp3) is 0.333. The van der Waals surface area contributed by atoms with E-state index in [1.165, 1.54) is 5.56 Å². The maximum absolute atomic E-state index is 3.95. The lowest BCUT2D eigenvalue weighted by molar-refractivity contribution is 0.816. The number of rotatable bonds is 1. The molecule has 0 unspecified atom stereocenters. The van der Waals surface area contributed by atoms with Crippen LogP contribution in [-0.2, 0) is 0 Å². The first-order valence-electron chi connectivity index (χ1n) is 5.37. The molecule has 0 aliphatic heterocycles. The summed E-state index contributed by atoms with van der Waals surface area (Å²) >= 11 is 0. The van der Waals surface area contributed by atoms with Gasteiger partial charge in [0.25, 0.3) is 0 Å². The lowest BCUT2D eigenvalue weighted by Crippen LogP contribution is -1.98. The summed E-state index contributed by atoms with van der Waals surface area (Å²) in [5.41, 5.74) is 2.15. The molecule has 2 rings (SSSR count). The van der Waals surface area contributed by atoms with Crippen molar-refractivity contribution in [2.24, 2.45) is 0 Å². The molecule has 0 aliphatic carbocycles. The topological polar surface area (TPSA) is 51.6 Å². The predicted octanol–water partition coefficient (Wildman–Crippen LogP) is 2.58. The van der Waals surface area contributed by atoms with E-state index in [1.54, 1.807) is 6.92 Å². The second kappa shape index (κ2) is 5.90. The zero-order valence-electron chi connectivity index (χ0n) is 10.1. The zero-order chi connectivity index (χ0) is 12.0. The second-order valence-corrected chi connectivity index (χ2v) is 3.14. The molecular weight excluding hydrogens is 200 g/mol. The summed E-state index contributed by atoms with van der Waals surface area (Å²) in [6.07, 6.45) is 0. The molecule has 1 aromatic carbocycles. The molecule has 0 aliphatic rings. The Kier molecular flexibility index (Phi) is 4.51. The van der Waals surface area contributed by atoms with E-state index in [0.29, 0.717) is 11.6 Å². The highest BCUT2D eigenvalue weighted by atomic mass is 15.3. The summed E-state index contributed by atoms with van der Waals surface area (Å²) in [5, 5.41) is 15.6. The van der Waals surface area contributed by atoms with Gasteiger partial charge in [0.1, 0.15) is 0 Å². The van der Waals surface area contributed by atoms with Crippen molar-refractivity contribution in [2.75, 3.05) is 0 Å². The first-order chi connectivity index (χ1) is 7.75. The quantitative estimate of drug-likeness (QED) is 0.735. The van der Waals surface area contributed by atoms with E-state index < -0.39 is 0 Å². The minimum absolute atomic E-state index is 0.565. The van der Waals surface area contributed by atoms with Crippen LogP contribution in [0.3, 0.4) is 0 Å². The Balaban J connectivity index is 0.000000606. The molecule has 2 aromatic rings. The van der Waals surface area contributed by atoms with Crippen LogP contribution >= 0.6 is 0 Å². The molecule has 0 atom stereocenters. The maximum atomic E-state index is 3.95. The summed E-state index contributed by atoms with van der Waals surface area (Å²) in [4.78, 5) is 0. The summed E-state index contributed by atoms with van der Waals surface area (Å²) in [6.45, 7) is 7.80. The van der Waals surface area contributed by atoms with Crippen LogP contribution in [0.5, 0.6) is 0 Å². The highest BCUT2D eigenvalue weighted by Crippen LogP contribution is 2.12. The molecule has 0 fully saturated rings. The predicted molar refractivity (Wildman–Crippen MR) is 63.9 cm³/mol. The van der Waals surface area contributed by atoms with Crippen LogP contribution in [0.4, 0.5) is 0 Å². The molecule has 1 aromatic heterocycles. The molecule has 0 bridgehead atoms. The average molecular weight is 216 g/mol. The Morgan fingerprint density at radius 3 is 1.75 bits per heavy atom. The van der Waals surface area contributed by atoms with E-state index in [-0.39, 0.29) is 0 Å². The summed E-state index contributed by atoms with van der Waals surface area (Å²) in [5.74, 6) is 1.15. The maximum Gasteiger partial charge on any atom is 0.203 e. The van der Waals surface area contributed by atoms with E-state index in [0.717, 1.165) is 5.56 Å². The van der Waals surface area contributed by atoms with E-state index in [4.69, 9.17) is 0 Å². The van der Waals surface area contributed by atoms with Crippen molar-refractivity contribution >= 4 is 0 Å². The third-order valence-corrected chi connectivity index (χ3v) is 1.89. The van der Waals surface area contributed by atoms with E-state index >= 15 is 0 Å². The molecule has 0 saturated heterocycles. The zero-order valence-corrected chi connectivity index (χ0v) is 10.1. The third kappa shape index (κ3) is 3.08. The number of hydrogen-bond acceptors (Lipinski definition) is 4. The largest absolute Gasteiger partial charge is 0.203 e. The highest BCUT2D eigenvalue weighted by molar-refractivity contribution is 5.53. The van der Waals surface area contributed by atoms with Gasteiger partial charge in [-0.1, -0.05) is 43.7 Å². The Morgan fingerprint density at radius 1 is 0.750 bits per heavy atom. The molecule has 0 radical (unpaired) electrons. The van der Waals surface area contributed by atoms with Crippen molar-refractivity contribution in [3.05, 3.63) is 35.7 Å². The van der Waals surface area contributed by atoms with Crippen molar-refractivity contribution in [1.82, 2.24) is 20.4 Å². The van der Waals surface area contributed by atoms with Gasteiger partial charge in [-0.2, -0.15) is 0 Å². The molecule has 0 saturated carbocycles. The van der Waals surface area contributed by atoms with Crippen LogP contribution < -0.4 is 0 Å². The number of hydrogen-bond donors (Lipinski definition) is 0. The van der Waals surface area contributed by atoms with Crippen molar-refractivity contribution in [1.29, 1.82) is 0 Å². The molecule has 4 heteroatoms. The first-order valence-corrected chi connectivity index (χ1v) is 5.37. The minimum atomic E-state index is 0.565. The standard InChI is InChI=1S/C10H10N4.C2H6/c1-7-3-5-9(6-4-7)10-13-11-8(2)12-14-10;1-2/h3-6H,1-2H3;1-2H3. The van der Waals surface area contributed by atoms with Crippen LogP contribution in [0, 0.1) is 13.8 Å². The second-order valence-electron chi connectivity index (χ2n) is 3.14. The Hall–Kier alpha value is -1.84. The minimum Gasteiger partial charge on any atom is -0.131 e. The molecule has 1 heterocycles. The Bertz CT molecular complexity index is 376. The van der Waals surface area contributed by atoms with Gasteiger partial charge in [0, 0.05) is 5.56 Å². The van der Waals surface area contributed by atoms with Crippen LogP contribution in [0.15, 0.2) is 24.3 Å². The van der Waals surface area contributed by atoms with E-state index in [9.17, 15) is 0 Å². The normalized spacial score (nSPS) is 9.25. The van der Waals surface area contributed by atoms with Crippen LogP contribution in [0.2, 0.25) is 0 Å². The van der Waals surface area contributed by atoms with E-state index in [2.05, 4.69) is 20.4 Å². The lowest BCUT2D eigenvalue weighted by atomic mass is 10.1. The number of nitrogens with zero attached hydrogens (tertiary/aromatic N) is 4. The van der Waals surface area contributed by atoms with Gasteiger partial charge in [-0.15, -0.1) is 20.4 Å². The smallest absolute Gasteiger partial charge is 0.131 e. The van der Waals surface area contributed by atoms with Gasteiger partial charge >= 0.3 is 0 Å². The molecule has 0 amide bonds. The average Bonchev–Trinajstić information content (AvgIpc) is 2.34. The fourth-order valence-corrected chi connectivity index (χ4v) is 1.10. The van der Waals surface area contributed by atoms with Gasteiger partial charge in [0.2, 0.25) is 5.82 Å². The first kappa shape index (κ1) is 12.2. The van der Waals surface area contributed by atoms with Gasteiger partial charge in [0.05, 0.1) is 0 Å². The van der Waals surface area contributed by atoms with Gasteiger partial charge in [0.15, 0.2) is 5.82 Å². The molecular formula is C12H16N4. The molecule has 0 spiro atoms. The Labute approximate surface area is 95.8 Å². The summed E-state index contributed by atoms with van der Waals surface area (Å²) in [6, 6.07) is 7.95.